The number of ether oxygens (including phenoxy) is 1. The number of rotatable bonds is 5. The molecule has 1 aliphatic carbocycles. The van der Waals surface area contributed by atoms with Crippen molar-refractivity contribution in [3.63, 3.8) is 0 Å². The van der Waals surface area contributed by atoms with Crippen molar-refractivity contribution < 1.29 is 53.8 Å². The lowest BCUT2D eigenvalue weighted by Gasteiger charge is -2.48. The van der Waals surface area contributed by atoms with E-state index < -0.39 is 77.5 Å². The normalized spacial score (nSPS) is 19.6. The van der Waals surface area contributed by atoms with Crippen molar-refractivity contribution in [1.82, 2.24) is 4.90 Å². The highest BCUT2D eigenvalue weighted by molar-refractivity contribution is 5.91. The van der Waals surface area contributed by atoms with Crippen LogP contribution in [0.15, 0.2) is 36.4 Å². The molecule has 2 aromatic rings. The van der Waals surface area contributed by atoms with Crippen molar-refractivity contribution in [1.29, 1.82) is 0 Å². The predicted octanol–water partition coefficient (Wildman–Crippen LogP) is 8.76. The van der Waals surface area contributed by atoms with Crippen LogP contribution in [0.4, 0.5) is 50.0 Å². The average molecular weight is 625 g/mol. The summed E-state index contributed by atoms with van der Waals surface area (Å²) in [6, 6.07) is 1.69. The summed E-state index contributed by atoms with van der Waals surface area (Å²) in [7, 11) is 0. The largest absolute Gasteiger partial charge is 0.446 e. The minimum absolute atomic E-state index is 0.0260. The molecule has 0 radical (unpaired) electrons. The van der Waals surface area contributed by atoms with Gasteiger partial charge < -0.3 is 9.64 Å². The van der Waals surface area contributed by atoms with E-state index in [9.17, 15) is 49.1 Å². The molecule has 0 N–H and O–H groups in total. The molecule has 0 bridgehead atoms. The van der Waals surface area contributed by atoms with Crippen molar-refractivity contribution in [2.45, 2.75) is 89.7 Å². The summed E-state index contributed by atoms with van der Waals surface area (Å²) in [5, 5.41) is 0. The van der Waals surface area contributed by atoms with E-state index in [-0.39, 0.29) is 29.7 Å². The summed E-state index contributed by atoms with van der Waals surface area (Å²) < 4.78 is 128. The second kappa shape index (κ2) is 11.6. The fourth-order valence-electron chi connectivity index (χ4n) is 5.62. The van der Waals surface area contributed by atoms with Gasteiger partial charge in [-0.2, -0.15) is 39.5 Å². The van der Waals surface area contributed by atoms with Crippen LogP contribution in [0.2, 0.25) is 0 Å². The molecule has 0 spiro atoms. The van der Waals surface area contributed by atoms with Gasteiger partial charge in [0, 0.05) is 19.5 Å². The summed E-state index contributed by atoms with van der Waals surface area (Å²) >= 11 is 0. The van der Waals surface area contributed by atoms with Gasteiger partial charge in [-0.05, 0) is 86.6 Å². The standard InChI is InChI=1S/C29H29F9N2O3/c1-15(2)43-26(42)40-23-8-7-19(27(30,31)32)12-22(23)25(13-24(40)18-5-4-6-18)39(16(3)41)14-17-9-20(28(33,34)35)11-21(10-17)29(36,37)38/h7-12,15,18,24-25H,4-6,13-14H2,1-3H3/t24-,25-/m0/s1. The van der Waals surface area contributed by atoms with Crippen LogP contribution >= 0.6 is 0 Å². The van der Waals surface area contributed by atoms with Gasteiger partial charge >= 0.3 is 24.6 Å². The molecule has 236 valence electrons. The Labute approximate surface area is 241 Å². The maximum atomic E-state index is 13.8. The zero-order chi connectivity index (χ0) is 32.1. The number of fused-ring (bicyclic) bond motifs is 1. The number of hydrogen-bond acceptors (Lipinski definition) is 3. The fraction of sp³-hybridized carbons (Fsp3) is 0.517. The summed E-state index contributed by atoms with van der Waals surface area (Å²) in [6.07, 6.45) is -14.4. The lowest BCUT2D eigenvalue weighted by molar-refractivity contribution is -0.143. The third kappa shape index (κ3) is 7.04. The van der Waals surface area contributed by atoms with E-state index in [0.29, 0.717) is 25.0 Å². The lowest BCUT2D eigenvalue weighted by Crippen LogP contribution is -2.53. The number of benzene rings is 2. The zero-order valence-electron chi connectivity index (χ0n) is 23.3. The van der Waals surface area contributed by atoms with Gasteiger partial charge in [0.05, 0.1) is 34.5 Å². The molecule has 0 aromatic heterocycles. The fourth-order valence-corrected chi connectivity index (χ4v) is 5.62. The Morgan fingerprint density at radius 2 is 1.44 bits per heavy atom. The highest BCUT2D eigenvalue weighted by atomic mass is 19.4. The average Bonchev–Trinajstić information content (AvgIpc) is 2.83. The first-order valence-electron chi connectivity index (χ1n) is 13.5. The SMILES string of the molecule is CC(=O)N(Cc1cc(C(F)(F)F)cc(C(F)(F)F)c1)[C@H]1C[C@@H](C2CCC2)N(C(=O)OC(C)C)c2ccc(C(F)(F)F)cc21. The molecule has 0 saturated heterocycles. The van der Waals surface area contributed by atoms with Gasteiger partial charge in [-0.3, -0.25) is 9.69 Å². The molecule has 1 fully saturated rings. The Morgan fingerprint density at radius 1 is 0.884 bits per heavy atom. The molecule has 4 rings (SSSR count). The third-order valence-corrected chi connectivity index (χ3v) is 7.78. The van der Waals surface area contributed by atoms with E-state index in [0.717, 1.165) is 36.4 Å². The number of nitrogens with zero attached hydrogens (tertiary/aromatic N) is 2. The van der Waals surface area contributed by atoms with Gasteiger partial charge in [0.25, 0.3) is 0 Å². The van der Waals surface area contributed by atoms with Crippen LogP contribution in [0, 0.1) is 5.92 Å². The zero-order valence-corrected chi connectivity index (χ0v) is 23.3. The van der Waals surface area contributed by atoms with Crippen LogP contribution in [0.3, 0.4) is 0 Å². The van der Waals surface area contributed by atoms with Crippen molar-refractivity contribution in [3.05, 3.63) is 64.2 Å². The van der Waals surface area contributed by atoms with Crippen molar-refractivity contribution in [2.24, 2.45) is 5.92 Å². The summed E-state index contributed by atoms with van der Waals surface area (Å²) in [5.74, 6) is -0.901. The van der Waals surface area contributed by atoms with Crippen LogP contribution in [-0.2, 0) is 34.6 Å². The van der Waals surface area contributed by atoms with Crippen LogP contribution in [-0.4, -0.2) is 29.0 Å². The number of hydrogen-bond donors (Lipinski definition) is 0. The number of amides is 2. The van der Waals surface area contributed by atoms with Gasteiger partial charge in [0.2, 0.25) is 5.91 Å². The lowest BCUT2D eigenvalue weighted by atomic mass is 9.74. The highest BCUT2D eigenvalue weighted by Gasteiger charge is 2.46. The number of carbonyl (C=O) groups excluding carboxylic acids is 2. The number of halogens is 9. The van der Waals surface area contributed by atoms with Gasteiger partial charge in [-0.15, -0.1) is 0 Å². The monoisotopic (exact) mass is 624 g/mol. The maximum Gasteiger partial charge on any atom is 0.416 e. The maximum absolute atomic E-state index is 13.8. The van der Waals surface area contributed by atoms with Crippen molar-refractivity contribution in [2.75, 3.05) is 4.90 Å². The molecule has 5 nitrogen and oxygen atoms in total. The van der Waals surface area contributed by atoms with Crippen molar-refractivity contribution in [3.8, 4) is 0 Å². The molecule has 2 aliphatic rings. The van der Waals surface area contributed by atoms with Crippen molar-refractivity contribution >= 4 is 17.7 Å². The van der Waals surface area contributed by atoms with E-state index in [1.54, 1.807) is 13.8 Å². The van der Waals surface area contributed by atoms with E-state index in [1.807, 2.05) is 0 Å². The predicted molar refractivity (Wildman–Crippen MR) is 137 cm³/mol. The van der Waals surface area contributed by atoms with Gasteiger partial charge in [0.1, 0.15) is 0 Å². The van der Waals surface area contributed by atoms with Gasteiger partial charge in [0.15, 0.2) is 0 Å². The minimum atomic E-state index is -5.14. The topological polar surface area (TPSA) is 49.9 Å². The van der Waals surface area contributed by atoms with E-state index in [1.165, 1.54) is 4.90 Å². The Hall–Kier alpha value is -3.45. The number of carbonyl (C=O) groups is 2. The smallest absolute Gasteiger partial charge is 0.416 e. The Bertz CT molecular complexity index is 1330. The molecule has 1 saturated carbocycles. The van der Waals surface area contributed by atoms with Crippen LogP contribution in [0.25, 0.3) is 0 Å². The van der Waals surface area contributed by atoms with Crippen LogP contribution in [0.1, 0.15) is 80.3 Å². The number of anilines is 1. The van der Waals surface area contributed by atoms with E-state index in [2.05, 4.69) is 0 Å². The summed E-state index contributed by atoms with van der Waals surface area (Å²) in [4.78, 5) is 28.5. The summed E-state index contributed by atoms with van der Waals surface area (Å²) in [5.41, 5.74) is -4.87. The minimum Gasteiger partial charge on any atom is -0.446 e. The third-order valence-electron chi connectivity index (χ3n) is 7.78. The Morgan fingerprint density at radius 3 is 1.88 bits per heavy atom. The summed E-state index contributed by atoms with van der Waals surface area (Å²) in [6.45, 7) is 3.47. The van der Waals surface area contributed by atoms with E-state index >= 15 is 0 Å². The molecular weight excluding hydrogens is 595 g/mol. The second-order valence-electron chi connectivity index (χ2n) is 11.1. The molecule has 0 unspecified atom stereocenters. The van der Waals surface area contributed by atoms with Gasteiger partial charge in [-0.25, -0.2) is 4.79 Å². The molecule has 1 aliphatic heterocycles. The first-order chi connectivity index (χ1) is 19.8. The van der Waals surface area contributed by atoms with Crippen LogP contribution < -0.4 is 4.90 Å². The molecule has 2 aromatic carbocycles. The van der Waals surface area contributed by atoms with Crippen LogP contribution in [0.5, 0.6) is 0 Å². The van der Waals surface area contributed by atoms with E-state index in [4.69, 9.17) is 4.74 Å². The first kappa shape index (κ1) is 32.5. The van der Waals surface area contributed by atoms with Gasteiger partial charge in [-0.1, -0.05) is 6.42 Å². The first-order valence-corrected chi connectivity index (χ1v) is 13.5. The Kier molecular flexibility index (Phi) is 8.73. The molecular formula is C29H29F9N2O3. The quantitative estimate of drug-likeness (QED) is 0.313. The Balaban J connectivity index is 1.87. The second-order valence-corrected chi connectivity index (χ2v) is 11.1. The molecule has 14 heteroatoms. The highest BCUT2D eigenvalue weighted by Crippen LogP contribution is 2.49. The molecule has 1 heterocycles. The molecule has 2 atom stereocenters. The molecule has 43 heavy (non-hydrogen) atoms. The number of alkyl halides is 9. The molecule has 2 amide bonds.